The number of hydrogen-bond acceptors (Lipinski definition) is 6. The molecule has 2 aromatic rings. The molecule has 7 heteroatoms. The fourth-order valence-corrected chi connectivity index (χ4v) is 3.30. The lowest BCUT2D eigenvalue weighted by Crippen LogP contribution is -2.34. The van der Waals surface area contributed by atoms with Gasteiger partial charge in [-0.3, -0.25) is 24.1 Å². The van der Waals surface area contributed by atoms with Crippen molar-refractivity contribution in [3.05, 3.63) is 76.5 Å². The largest absolute Gasteiger partial charge is 0.395 e. The third-order valence-corrected chi connectivity index (χ3v) is 4.55. The molecule has 0 fully saturated rings. The Morgan fingerprint density at radius 3 is 2.22 bits per heavy atom. The molecule has 0 saturated carbocycles. The van der Waals surface area contributed by atoms with E-state index in [4.69, 9.17) is 5.11 Å². The van der Waals surface area contributed by atoms with E-state index in [1.54, 1.807) is 42.5 Å². The lowest BCUT2D eigenvalue weighted by molar-refractivity contribution is -0.137. The minimum Gasteiger partial charge on any atom is -0.395 e. The van der Waals surface area contributed by atoms with Crippen molar-refractivity contribution >= 4 is 29.1 Å². The number of carbonyl (C=O) groups is 4. The Hall–Kier alpha value is -3.58. The van der Waals surface area contributed by atoms with Gasteiger partial charge in [0.25, 0.3) is 11.8 Å². The van der Waals surface area contributed by atoms with Crippen LogP contribution in [0.15, 0.2) is 54.2 Å². The summed E-state index contributed by atoms with van der Waals surface area (Å²) in [7, 11) is 0. The van der Waals surface area contributed by atoms with E-state index < -0.39 is 11.8 Å². The van der Waals surface area contributed by atoms with E-state index in [1.807, 2.05) is 0 Å². The summed E-state index contributed by atoms with van der Waals surface area (Å²) in [4.78, 5) is 50.8. The van der Waals surface area contributed by atoms with Gasteiger partial charge in [-0.25, -0.2) is 0 Å². The Morgan fingerprint density at radius 2 is 1.52 bits per heavy atom. The number of nitrogens with one attached hydrogen (secondary N) is 1. The second-order valence-electron chi connectivity index (χ2n) is 6.13. The molecule has 7 nitrogen and oxygen atoms in total. The maximum Gasteiger partial charge on any atom is 0.277 e. The molecule has 1 aliphatic heterocycles. The highest BCUT2D eigenvalue weighted by Gasteiger charge is 2.34. The molecule has 2 aliphatic rings. The number of benzene rings is 2. The first-order chi connectivity index (χ1) is 13.0. The lowest BCUT2D eigenvalue weighted by Gasteiger charge is -2.21. The maximum absolute atomic E-state index is 13.0. The zero-order valence-electron chi connectivity index (χ0n) is 14.1. The van der Waals surface area contributed by atoms with Crippen molar-refractivity contribution in [3.8, 4) is 0 Å². The number of β-amino-alcohol motifs (C(OH)–C–C–N with tert-alkyl or cyclic N) is 1. The van der Waals surface area contributed by atoms with Crippen LogP contribution in [0.4, 0.5) is 5.69 Å². The molecule has 134 valence electrons. The highest BCUT2D eigenvalue weighted by Crippen LogP contribution is 2.33. The summed E-state index contributed by atoms with van der Waals surface area (Å²) in [5.74, 6) is -1.74. The number of fused-ring (bicyclic) bond motifs is 2. The monoisotopic (exact) mass is 362 g/mol. The Balaban J connectivity index is 1.74. The highest BCUT2D eigenvalue weighted by molar-refractivity contribution is 6.30. The molecule has 0 unspecified atom stereocenters. The second kappa shape index (κ2) is 6.30. The Bertz CT molecular complexity index is 1050. The summed E-state index contributed by atoms with van der Waals surface area (Å²) in [5.41, 5.74) is 1.32. The van der Waals surface area contributed by atoms with Crippen LogP contribution in [-0.2, 0) is 9.59 Å². The smallest absolute Gasteiger partial charge is 0.277 e. The number of anilines is 1. The molecule has 2 amide bonds. The van der Waals surface area contributed by atoms with E-state index in [1.165, 1.54) is 0 Å². The van der Waals surface area contributed by atoms with E-state index >= 15 is 0 Å². The molecule has 1 heterocycles. The van der Waals surface area contributed by atoms with E-state index in [2.05, 4.69) is 5.32 Å². The zero-order chi connectivity index (χ0) is 19.1. The third-order valence-electron chi connectivity index (χ3n) is 4.55. The highest BCUT2D eigenvalue weighted by atomic mass is 16.3. The van der Waals surface area contributed by atoms with Crippen LogP contribution in [0.1, 0.15) is 31.8 Å². The minimum absolute atomic E-state index is 0.0130. The molecule has 2 aromatic carbocycles. The molecular formula is C20H14N2O5. The Kier molecular flexibility index (Phi) is 3.93. The summed E-state index contributed by atoms with van der Waals surface area (Å²) >= 11 is 0. The molecule has 1 aliphatic carbocycles. The van der Waals surface area contributed by atoms with Crippen molar-refractivity contribution in [2.24, 2.45) is 0 Å². The second-order valence-corrected chi connectivity index (χ2v) is 6.13. The van der Waals surface area contributed by atoms with Crippen molar-refractivity contribution in [1.82, 2.24) is 4.90 Å². The molecule has 0 atom stereocenters. The van der Waals surface area contributed by atoms with Crippen LogP contribution in [0.3, 0.4) is 0 Å². The zero-order valence-corrected chi connectivity index (χ0v) is 14.1. The standard InChI is InChI=1S/C20H14N2O5/c23-9-8-22-16(24)10-15(20(22)27)21-14-7-3-6-13-17(14)19(26)12-5-2-1-4-11(12)18(13)25/h1-7,10,21,23H,8-9H2. The van der Waals surface area contributed by atoms with Gasteiger partial charge in [-0.05, 0) is 6.07 Å². The van der Waals surface area contributed by atoms with Crippen LogP contribution in [0.2, 0.25) is 0 Å². The number of amides is 2. The van der Waals surface area contributed by atoms with Gasteiger partial charge in [0.15, 0.2) is 11.6 Å². The van der Waals surface area contributed by atoms with Gasteiger partial charge < -0.3 is 10.4 Å². The van der Waals surface area contributed by atoms with Gasteiger partial charge in [-0.15, -0.1) is 0 Å². The molecular weight excluding hydrogens is 348 g/mol. The SMILES string of the molecule is O=C1c2ccccc2C(=O)c2c(NC3=CC(=O)N(CCO)C3=O)cccc21. The van der Waals surface area contributed by atoms with Gasteiger partial charge in [0.1, 0.15) is 5.70 Å². The summed E-state index contributed by atoms with van der Waals surface area (Å²) in [5, 5.41) is 11.8. The van der Waals surface area contributed by atoms with Crippen LogP contribution < -0.4 is 5.32 Å². The minimum atomic E-state index is -0.596. The van der Waals surface area contributed by atoms with Crippen molar-refractivity contribution < 1.29 is 24.3 Å². The van der Waals surface area contributed by atoms with Crippen LogP contribution >= 0.6 is 0 Å². The Morgan fingerprint density at radius 1 is 0.852 bits per heavy atom. The van der Waals surface area contributed by atoms with E-state index in [0.29, 0.717) is 11.1 Å². The average molecular weight is 362 g/mol. The summed E-state index contributed by atoms with van der Waals surface area (Å²) in [6.45, 7) is -0.458. The first-order valence-corrected chi connectivity index (χ1v) is 8.29. The average Bonchev–Trinajstić information content (AvgIpc) is 2.94. The van der Waals surface area contributed by atoms with Crippen molar-refractivity contribution in [2.45, 2.75) is 0 Å². The van der Waals surface area contributed by atoms with E-state index in [-0.39, 0.29) is 47.2 Å². The molecule has 2 N–H and O–H groups in total. The van der Waals surface area contributed by atoms with Gasteiger partial charge in [-0.1, -0.05) is 36.4 Å². The fraction of sp³-hybridized carbons (Fsp3) is 0.100. The first-order valence-electron chi connectivity index (χ1n) is 8.29. The van der Waals surface area contributed by atoms with Gasteiger partial charge in [0.05, 0.1) is 24.4 Å². The van der Waals surface area contributed by atoms with Crippen molar-refractivity contribution in [3.63, 3.8) is 0 Å². The normalized spacial score (nSPS) is 15.6. The summed E-state index contributed by atoms with van der Waals surface area (Å²) < 4.78 is 0. The van der Waals surface area contributed by atoms with Gasteiger partial charge in [-0.2, -0.15) is 0 Å². The van der Waals surface area contributed by atoms with E-state index in [9.17, 15) is 19.2 Å². The number of imide groups is 1. The molecule has 0 spiro atoms. The number of hydrogen-bond donors (Lipinski definition) is 2. The fourth-order valence-electron chi connectivity index (χ4n) is 3.30. The first kappa shape index (κ1) is 16.9. The molecule has 0 bridgehead atoms. The van der Waals surface area contributed by atoms with E-state index in [0.717, 1.165) is 11.0 Å². The summed E-state index contributed by atoms with van der Waals surface area (Å²) in [6.07, 6.45) is 1.11. The maximum atomic E-state index is 13.0. The molecule has 0 radical (unpaired) electrons. The number of aliphatic hydroxyl groups excluding tert-OH is 1. The number of carbonyl (C=O) groups excluding carboxylic acids is 4. The number of ketones is 2. The molecule has 27 heavy (non-hydrogen) atoms. The lowest BCUT2D eigenvalue weighted by atomic mass is 9.83. The predicted octanol–water partition coefficient (Wildman–Crippen LogP) is 1.12. The predicted molar refractivity (Wildman–Crippen MR) is 95.3 cm³/mol. The number of aliphatic hydroxyl groups is 1. The topological polar surface area (TPSA) is 104 Å². The van der Waals surface area contributed by atoms with Gasteiger partial charge in [0, 0.05) is 22.8 Å². The van der Waals surface area contributed by atoms with Crippen LogP contribution in [0, 0.1) is 0 Å². The van der Waals surface area contributed by atoms with Gasteiger partial charge >= 0.3 is 0 Å². The van der Waals surface area contributed by atoms with Gasteiger partial charge in [0.2, 0.25) is 0 Å². The molecule has 0 saturated heterocycles. The number of nitrogens with zero attached hydrogens (tertiary/aromatic N) is 1. The van der Waals surface area contributed by atoms with Crippen LogP contribution in [0.25, 0.3) is 0 Å². The van der Waals surface area contributed by atoms with Crippen LogP contribution in [-0.4, -0.2) is 46.5 Å². The van der Waals surface area contributed by atoms with Crippen molar-refractivity contribution in [2.75, 3.05) is 18.5 Å². The molecule has 4 rings (SSSR count). The Labute approximate surface area is 153 Å². The quantitative estimate of drug-likeness (QED) is 0.674. The molecule has 0 aromatic heterocycles. The van der Waals surface area contributed by atoms with Crippen molar-refractivity contribution in [1.29, 1.82) is 0 Å². The number of rotatable bonds is 4. The summed E-state index contributed by atoms with van der Waals surface area (Å²) in [6, 6.07) is 11.3. The third kappa shape index (κ3) is 2.56. The van der Waals surface area contributed by atoms with Crippen LogP contribution in [0.5, 0.6) is 0 Å².